The van der Waals surface area contributed by atoms with Crippen LogP contribution in [-0.4, -0.2) is 51.9 Å². The molecule has 0 spiro atoms. The van der Waals surface area contributed by atoms with Gasteiger partial charge in [-0.25, -0.2) is 4.79 Å². The van der Waals surface area contributed by atoms with Crippen molar-refractivity contribution < 1.29 is 23.9 Å². The molecule has 9 heteroatoms. The lowest BCUT2D eigenvalue weighted by Crippen LogP contribution is -2.47. The molecule has 3 N–H and O–H groups in total. The molecule has 0 aromatic heterocycles. The third-order valence-corrected chi connectivity index (χ3v) is 6.02. The first-order valence-electron chi connectivity index (χ1n) is 8.13. The normalized spacial score (nSPS) is 24.3. The fraction of sp³-hybridized carbons (Fsp3) is 0.412. The van der Waals surface area contributed by atoms with E-state index in [2.05, 4.69) is 5.32 Å². The van der Waals surface area contributed by atoms with Crippen LogP contribution in [0.2, 0.25) is 0 Å². The van der Waals surface area contributed by atoms with Gasteiger partial charge in [-0.1, -0.05) is 0 Å². The summed E-state index contributed by atoms with van der Waals surface area (Å²) in [5.41, 5.74) is 5.93. The summed E-state index contributed by atoms with van der Waals surface area (Å²) in [6.45, 7) is 1.49. The second-order valence-corrected chi connectivity index (χ2v) is 7.86. The lowest BCUT2D eigenvalue weighted by Gasteiger charge is -2.29. The smallest absolute Gasteiger partial charge is 0.330 e. The highest BCUT2D eigenvalue weighted by atomic mass is 32.2. The SMILES string of the molecule is C[C@@]12CCC(=O)N1[C@H](C(=O)OCC(=O)Nc1ccc(C(N)=O)cc1)CS2. The molecule has 0 unspecified atom stereocenters. The van der Waals surface area contributed by atoms with Crippen LogP contribution in [0, 0.1) is 0 Å². The zero-order chi connectivity index (χ0) is 18.9. The molecule has 8 nitrogen and oxygen atoms in total. The van der Waals surface area contributed by atoms with Crippen molar-refractivity contribution in [2.45, 2.75) is 30.7 Å². The molecule has 1 aromatic carbocycles. The molecule has 2 aliphatic heterocycles. The summed E-state index contributed by atoms with van der Waals surface area (Å²) in [6, 6.07) is 5.38. The van der Waals surface area contributed by atoms with Crippen LogP contribution >= 0.6 is 11.8 Å². The number of esters is 1. The number of rotatable bonds is 5. The number of thioether (sulfide) groups is 1. The summed E-state index contributed by atoms with van der Waals surface area (Å²) in [4.78, 5) is 48.5. The van der Waals surface area contributed by atoms with Crippen molar-refractivity contribution in [2.75, 3.05) is 17.7 Å². The average Bonchev–Trinajstić information content (AvgIpc) is 3.09. The molecule has 0 aliphatic carbocycles. The summed E-state index contributed by atoms with van der Waals surface area (Å²) in [6.07, 6.45) is 1.14. The maximum absolute atomic E-state index is 12.3. The van der Waals surface area contributed by atoms with Crippen molar-refractivity contribution in [2.24, 2.45) is 5.73 Å². The fourth-order valence-electron chi connectivity index (χ4n) is 3.14. The minimum Gasteiger partial charge on any atom is -0.454 e. The Balaban J connectivity index is 1.52. The van der Waals surface area contributed by atoms with Crippen LogP contribution in [0.25, 0.3) is 0 Å². The highest BCUT2D eigenvalue weighted by Gasteiger charge is 2.53. The standard InChI is InChI=1S/C17H19N3O5S/c1-17-7-6-14(22)20(17)12(9-26-17)16(24)25-8-13(21)19-11-4-2-10(3-5-11)15(18)23/h2-5,12H,6-9H2,1H3,(H2,18,23)(H,19,21)/t12-,17+/m0/s1. The number of benzene rings is 1. The first-order chi connectivity index (χ1) is 12.3. The molecule has 2 aliphatic rings. The number of anilines is 1. The van der Waals surface area contributed by atoms with Crippen molar-refractivity contribution in [3.8, 4) is 0 Å². The Morgan fingerprint density at radius 1 is 1.35 bits per heavy atom. The zero-order valence-electron chi connectivity index (χ0n) is 14.2. The van der Waals surface area contributed by atoms with Crippen molar-refractivity contribution in [1.29, 1.82) is 0 Å². The molecule has 3 rings (SSSR count). The molecule has 0 radical (unpaired) electrons. The monoisotopic (exact) mass is 377 g/mol. The zero-order valence-corrected chi connectivity index (χ0v) is 15.0. The molecular weight excluding hydrogens is 358 g/mol. The van der Waals surface area contributed by atoms with Gasteiger partial charge in [0, 0.05) is 23.4 Å². The average molecular weight is 377 g/mol. The molecule has 0 bridgehead atoms. The molecule has 138 valence electrons. The number of amides is 3. The van der Waals surface area contributed by atoms with E-state index < -0.39 is 30.4 Å². The molecule has 26 heavy (non-hydrogen) atoms. The minimum atomic E-state index is -0.650. The Kier molecular flexibility index (Phi) is 4.90. The van der Waals surface area contributed by atoms with E-state index in [1.807, 2.05) is 6.92 Å². The topological polar surface area (TPSA) is 119 Å². The van der Waals surface area contributed by atoms with Crippen LogP contribution in [0.15, 0.2) is 24.3 Å². The van der Waals surface area contributed by atoms with Gasteiger partial charge in [-0.05, 0) is 37.6 Å². The highest BCUT2D eigenvalue weighted by molar-refractivity contribution is 8.01. The van der Waals surface area contributed by atoms with Gasteiger partial charge in [0.1, 0.15) is 6.04 Å². The first kappa shape index (κ1) is 18.2. The number of hydrogen-bond acceptors (Lipinski definition) is 6. The fourth-order valence-corrected chi connectivity index (χ4v) is 4.56. The minimum absolute atomic E-state index is 0.0570. The van der Waals surface area contributed by atoms with E-state index in [4.69, 9.17) is 10.5 Å². The molecule has 2 heterocycles. The highest BCUT2D eigenvalue weighted by Crippen LogP contribution is 2.47. The van der Waals surface area contributed by atoms with E-state index in [-0.39, 0.29) is 10.8 Å². The number of hydrogen-bond donors (Lipinski definition) is 2. The van der Waals surface area contributed by atoms with E-state index >= 15 is 0 Å². The van der Waals surface area contributed by atoms with E-state index in [1.165, 1.54) is 24.3 Å². The van der Waals surface area contributed by atoms with Crippen LogP contribution in [0.4, 0.5) is 5.69 Å². The van der Waals surface area contributed by atoms with Gasteiger partial charge in [0.05, 0.1) is 4.87 Å². The van der Waals surface area contributed by atoms with Gasteiger partial charge in [0.15, 0.2) is 6.61 Å². The van der Waals surface area contributed by atoms with Crippen molar-refractivity contribution in [3.63, 3.8) is 0 Å². The van der Waals surface area contributed by atoms with E-state index in [9.17, 15) is 19.2 Å². The number of nitrogens with two attached hydrogens (primary N) is 1. The second kappa shape index (κ2) is 6.99. The largest absolute Gasteiger partial charge is 0.454 e. The number of nitrogens with one attached hydrogen (secondary N) is 1. The number of carbonyl (C=O) groups excluding carboxylic acids is 4. The molecule has 0 saturated carbocycles. The van der Waals surface area contributed by atoms with Gasteiger partial charge in [0.25, 0.3) is 5.91 Å². The Hall–Kier alpha value is -2.55. The Labute approximate surface area is 154 Å². The van der Waals surface area contributed by atoms with Gasteiger partial charge in [-0.2, -0.15) is 0 Å². The summed E-state index contributed by atoms with van der Waals surface area (Å²) in [5.74, 6) is -1.23. The molecular formula is C17H19N3O5S. The van der Waals surface area contributed by atoms with E-state index in [1.54, 1.807) is 16.7 Å². The number of ether oxygens (including phenoxy) is 1. The predicted molar refractivity (Wildman–Crippen MR) is 95.3 cm³/mol. The third kappa shape index (κ3) is 3.52. The third-order valence-electron chi connectivity index (χ3n) is 4.52. The van der Waals surface area contributed by atoms with Crippen LogP contribution in [0.5, 0.6) is 0 Å². The molecule has 2 saturated heterocycles. The van der Waals surface area contributed by atoms with Crippen LogP contribution < -0.4 is 11.1 Å². The molecule has 1 aromatic rings. The van der Waals surface area contributed by atoms with Crippen LogP contribution in [0.1, 0.15) is 30.1 Å². The molecule has 3 amide bonds. The lowest BCUT2D eigenvalue weighted by molar-refractivity contribution is -0.155. The maximum atomic E-state index is 12.3. The number of fused-ring (bicyclic) bond motifs is 1. The number of nitrogens with zero attached hydrogens (tertiary/aromatic N) is 1. The lowest BCUT2D eigenvalue weighted by atomic mass is 10.2. The van der Waals surface area contributed by atoms with Gasteiger partial charge < -0.3 is 20.7 Å². The Morgan fingerprint density at radius 3 is 2.69 bits per heavy atom. The first-order valence-corrected chi connectivity index (χ1v) is 9.11. The van der Waals surface area contributed by atoms with Crippen molar-refractivity contribution in [1.82, 2.24) is 4.90 Å². The molecule has 2 fully saturated rings. The van der Waals surface area contributed by atoms with Crippen molar-refractivity contribution >= 4 is 41.1 Å². The summed E-state index contributed by atoms with van der Waals surface area (Å²) in [7, 11) is 0. The van der Waals surface area contributed by atoms with E-state index in [0.717, 1.165) is 0 Å². The molecule has 2 atom stereocenters. The van der Waals surface area contributed by atoms with Gasteiger partial charge in [0.2, 0.25) is 11.8 Å². The number of carbonyl (C=O) groups is 4. The quantitative estimate of drug-likeness (QED) is 0.730. The maximum Gasteiger partial charge on any atom is 0.330 e. The van der Waals surface area contributed by atoms with Crippen molar-refractivity contribution in [3.05, 3.63) is 29.8 Å². The van der Waals surface area contributed by atoms with E-state index in [0.29, 0.717) is 29.8 Å². The second-order valence-electron chi connectivity index (χ2n) is 6.36. The Morgan fingerprint density at radius 2 is 2.04 bits per heavy atom. The summed E-state index contributed by atoms with van der Waals surface area (Å²) >= 11 is 1.56. The van der Waals surface area contributed by atoms with Gasteiger partial charge in [-0.15, -0.1) is 11.8 Å². The summed E-state index contributed by atoms with van der Waals surface area (Å²) < 4.78 is 5.09. The van der Waals surface area contributed by atoms with Gasteiger partial charge >= 0.3 is 5.97 Å². The van der Waals surface area contributed by atoms with Crippen LogP contribution in [0.3, 0.4) is 0 Å². The number of primary amides is 1. The predicted octanol–water partition coefficient (Wildman–Crippen LogP) is 0.721. The van der Waals surface area contributed by atoms with Crippen LogP contribution in [-0.2, 0) is 19.1 Å². The Bertz CT molecular complexity index is 766. The summed E-state index contributed by atoms with van der Waals surface area (Å²) in [5, 5.41) is 2.56. The van der Waals surface area contributed by atoms with Gasteiger partial charge in [-0.3, -0.25) is 14.4 Å².